The highest BCUT2D eigenvalue weighted by Crippen LogP contribution is 2.30. The van der Waals surface area contributed by atoms with Crippen molar-refractivity contribution in [2.45, 2.75) is 0 Å². The van der Waals surface area contributed by atoms with E-state index in [0.29, 0.717) is 10.6 Å². The topological polar surface area (TPSA) is 46.5 Å². The van der Waals surface area contributed by atoms with Crippen LogP contribution in [0.2, 0.25) is 5.02 Å². The van der Waals surface area contributed by atoms with Gasteiger partial charge in [0.15, 0.2) is 11.6 Å². The summed E-state index contributed by atoms with van der Waals surface area (Å²) in [4.78, 5) is 10.5. The number of hydrogen-bond donors (Lipinski definition) is 1. The Kier molecular flexibility index (Phi) is 4.38. The molecule has 0 unspecified atom stereocenters. The lowest BCUT2D eigenvalue weighted by atomic mass is 10.2. The van der Waals surface area contributed by atoms with E-state index in [1.807, 2.05) is 0 Å². The summed E-state index contributed by atoms with van der Waals surface area (Å²) in [7, 11) is 0. The van der Waals surface area contributed by atoms with E-state index in [2.05, 4.69) is 0 Å². The van der Waals surface area contributed by atoms with Gasteiger partial charge in [-0.1, -0.05) is 23.7 Å². The van der Waals surface area contributed by atoms with Crippen LogP contribution >= 0.6 is 11.6 Å². The van der Waals surface area contributed by atoms with E-state index < -0.39 is 11.8 Å². The highest BCUT2D eigenvalue weighted by molar-refractivity contribution is 6.30. The number of para-hydroxylation sites is 1. The maximum atomic E-state index is 13.6. The molecule has 0 atom stereocenters. The van der Waals surface area contributed by atoms with Gasteiger partial charge in [0.25, 0.3) is 0 Å². The van der Waals surface area contributed by atoms with E-state index in [4.69, 9.17) is 21.4 Å². The number of hydrogen-bond acceptors (Lipinski definition) is 2. The SMILES string of the molecule is O=C(O)/C=C/c1ccc(Cl)cc1Oc1ccccc1F. The van der Waals surface area contributed by atoms with E-state index >= 15 is 0 Å². The minimum absolute atomic E-state index is 0.0414. The summed E-state index contributed by atoms with van der Waals surface area (Å²) in [6, 6.07) is 10.6. The van der Waals surface area contributed by atoms with Crippen LogP contribution in [0.1, 0.15) is 5.56 Å². The minimum Gasteiger partial charge on any atom is -0.478 e. The summed E-state index contributed by atoms with van der Waals surface area (Å²) in [6.45, 7) is 0. The van der Waals surface area contributed by atoms with Crippen LogP contribution in [0.5, 0.6) is 11.5 Å². The molecule has 0 bridgehead atoms. The van der Waals surface area contributed by atoms with Gasteiger partial charge in [-0.25, -0.2) is 9.18 Å². The molecule has 2 aromatic carbocycles. The molecule has 0 saturated carbocycles. The molecule has 2 rings (SSSR count). The Hall–Kier alpha value is -2.33. The normalized spacial score (nSPS) is 10.7. The average molecular weight is 293 g/mol. The second-order valence-corrected chi connectivity index (χ2v) is 4.32. The Morgan fingerprint density at radius 1 is 1.20 bits per heavy atom. The zero-order chi connectivity index (χ0) is 14.5. The van der Waals surface area contributed by atoms with Gasteiger partial charge in [-0.3, -0.25) is 0 Å². The van der Waals surface area contributed by atoms with Gasteiger partial charge in [0.1, 0.15) is 5.75 Å². The molecule has 0 spiro atoms. The maximum absolute atomic E-state index is 13.6. The standard InChI is InChI=1S/C15H10ClFO3/c16-11-7-5-10(6-8-15(18)19)14(9-11)20-13-4-2-1-3-12(13)17/h1-9H,(H,18,19)/b8-6+. The summed E-state index contributed by atoms with van der Waals surface area (Å²) >= 11 is 5.87. The van der Waals surface area contributed by atoms with Crippen molar-refractivity contribution in [3.8, 4) is 11.5 Å². The molecule has 0 heterocycles. The number of aliphatic carboxylic acids is 1. The van der Waals surface area contributed by atoms with E-state index in [-0.39, 0.29) is 11.5 Å². The molecule has 1 N–H and O–H groups in total. The zero-order valence-corrected chi connectivity index (χ0v) is 11.0. The summed E-state index contributed by atoms with van der Waals surface area (Å²) in [6.07, 6.45) is 2.33. The summed E-state index contributed by atoms with van der Waals surface area (Å²) in [5, 5.41) is 9.05. The number of carboxylic acids is 1. The van der Waals surface area contributed by atoms with Gasteiger partial charge < -0.3 is 9.84 Å². The van der Waals surface area contributed by atoms with Gasteiger partial charge in [-0.15, -0.1) is 0 Å². The molecule has 0 amide bonds. The number of halogens is 2. The third kappa shape index (κ3) is 3.59. The highest BCUT2D eigenvalue weighted by Gasteiger charge is 2.08. The summed E-state index contributed by atoms with van der Waals surface area (Å²) in [5.74, 6) is -1.28. The molecular weight excluding hydrogens is 283 g/mol. The minimum atomic E-state index is -1.09. The van der Waals surface area contributed by atoms with E-state index in [1.54, 1.807) is 24.3 Å². The summed E-state index contributed by atoms with van der Waals surface area (Å²) in [5.41, 5.74) is 0.486. The first-order valence-corrected chi connectivity index (χ1v) is 6.07. The Balaban J connectivity index is 2.37. The molecule has 0 aliphatic heterocycles. The number of carbonyl (C=O) groups is 1. The quantitative estimate of drug-likeness (QED) is 0.851. The molecule has 0 radical (unpaired) electrons. The van der Waals surface area contributed by atoms with Crippen molar-refractivity contribution in [1.29, 1.82) is 0 Å². The van der Waals surface area contributed by atoms with Crippen LogP contribution in [0.25, 0.3) is 6.08 Å². The Labute approximate surface area is 119 Å². The number of rotatable bonds is 4. The van der Waals surface area contributed by atoms with Crippen molar-refractivity contribution in [2.24, 2.45) is 0 Å². The largest absolute Gasteiger partial charge is 0.478 e. The van der Waals surface area contributed by atoms with Crippen molar-refractivity contribution in [2.75, 3.05) is 0 Å². The van der Waals surface area contributed by atoms with Crippen molar-refractivity contribution in [3.63, 3.8) is 0 Å². The predicted octanol–water partition coefficient (Wildman–Crippen LogP) is 4.37. The lowest BCUT2D eigenvalue weighted by Crippen LogP contribution is -1.91. The number of benzene rings is 2. The van der Waals surface area contributed by atoms with Gasteiger partial charge in [0, 0.05) is 22.7 Å². The first-order chi connectivity index (χ1) is 9.56. The Morgan fingerprint density at radius 2 is 1.95 bits per heavy atom. The molecule has 5 heteroatoms. The fourth-order valence-corrected chi connectivity index (χ4v) is 1.70. The van der Waals surface area contributed by atoms with Crippen molar-refractivity contribution in [1.82, 2.24) is 0 Å². The Bertz CT molecular complexity index is 668. The number of ether oxygens (including phenoxy) is 1. The van der Waals surface area contributed by atoms with Gasteiger partial charge in [0.2, 0.25) is 0 Å². The monoisotopic (exact) mass is 292 g/mol. The highest BCUT2D eigenvalue weighted by atomic mass is 35.5. The van der Waals surface area contributed by atoms with Gasteiger partial charge in [-0.2, -0.15) is 0 Å². The molecule has 0 aliphatic rings. The van der Waals surface area contributed by atoms with Crippen molar-refractivity contribution in [3.05, 3.63) is 64.9 Å². The van der Waals surface area contributed by atoms with E-state index in [0.717, 1.165) is 6.08 Å². The zero-order valence-electron chi connectivity index (χ0n) is 10.2. The molecule has 0 fully saturated rings. The molecule has 2 aromatic rings. The van der Waals surface area contributed by atoms with Gasteiger partial charge >= 0.3 is 5.97 Å². The Morgan fingerprint density at radius 3 is 2.65 bits per heavy atom. The molecule has 20 heavy (non-hydrogen) atoms. The fourth-order valence-electron chi connectivity index (χ4n) is 1.54. The average Bonchev–Trinajstić information content (AvgIpc) is 2.40. The summed E-state index contributed by atoms with van der Waals surface area (Å²) < 4.78 is 19.0. The molecule has 102 valence electrons. The molecule has 3 nitrogen and oxygen atoms in total. The molecular formula is C15H10ClFO3. The maximum Gasteiger partial charge on any atom is 0.328 e. The van der Waals surface area contributed by atoms with Crippen molar-refractivity contribution < 1.29 is 19.0 Å². The first kappa shape index (κ1) is 14.1. The predicted molar refractivity (Wildman–Crippen MR) is 74.6 cm³/mol. The molecule has 0 aromatic heterocycles. The first-order valence-electron chi connectivity index (χ1n) is 5.69. The van der Waals surface area contributed by atoms with Crippen LogP contribution in [0.3, 0.4) is 0 Å². The van der Waals surface area contributed by atoms with Gasteiger partial charge in [-0.05, 0) is 30.3 Å². The van der Waals surface area contributed by atoms with E-state index in [1.165, 1.54) is 24.3 Å². The van der Waals surface area contributed by atoms with Crippen LogP contribution in [-0.2, 0) is 4.79 Å². The second kappa shape index (κ2) is 6.21. The van der Waals surface area contributed by atoms with Crippen LogP contribution in [0.15, 0.2) is 48.5 Å². The van der Waals surface area contributed by atoms with Gasteiger partial charge in [0.05, 0.1) is 0 Å². The van der Waals surface area contributed by atoms with Crippen LogP contribution in [0.4, 0.5) is 4.39 Å². The van der Waals surface area contributed by atoms with Crippen molar-refractivity contribution >= 4 is 23.6 Å². The van der Waals surface area contributed by atoms with Crippen LogP contribution in [0, 0.1) is 5.82 Å². The third-order valence-corrected chi connectivity index (χ3v) is 2.67. The lowest BCUT2D eigenvalue weighted by Gasteiger charge is -2.10. The fraction of sp³-hybridized carbons (Fsp3) is 0. The smallest absolute Gasteiger partial charge is 0.328 e. The van der Waals surface area contributed by atoms with E-state index in [9.17, 15) is 9.18 Å². The van der Waals surface area contributed by atoms with Crippen LogP contribution in [-0.4, -0.2) is 11.1 Å². The lowest BCUT2D eigenvalue weighted by molar-refractivity contribution is -0.131. The molecule has 0 saturated heterocycles. The second-order valence-electron chi connectivity index (χ2n) is 3.89. The number of carboxylic acid groups (broad SMARTS) is 1. The third-order valence-electron chi connectivity index (χ3n) is 2.44. The molecule has 0 aliphatic carbocycles. The van der Waals surface area contributed by atoms with Crippen LogP contribution < -0.4 is 4.74 Å².